The normalized spacial score (nSPS) is 11.9. The van der Waals surface area contributed by atoms with Gasteiger partial charge in [-0.2, -0.15) is 9.97 Å². The summed E-state index contributed by atoms with van der Waals surface area (Å²) in [6.07, 6.45) is 0. The van der Waals surface area contributed by atoms with Crippen LogP contribution in [0.3, 0.4) is 0 Å². The van der Waals surface area contributed by atoms with Crippen LogP contribution in [0.2, 0.25) is 0 Å². The molecule has 0 bridgehead atoms. The first-order valence-electron chi connectivity index (χ1n) is 19.1. The monoisotopic (exact) mass is 745 g/mol. The number of benzene rings is 8. The highest BCUT2D eigenvalue weighted by atomic mass is 32.1. The molecule has 0 saturated carbocycles. The minimum absolute atomic E-state index is 0.584. The Morgan fingerprint density at radius 3 is 1.70 bits per heavy atom. The Morgan fingerprint density at radius 2 is 0.930 bits per heavy atom. The fraction of sp³-hybridized carbons (Fsp3) is 0. The number of nitrogens with zero attached hydrogens (tertiary/aromatic N) is 5. The molecule has 5 nitrogen and oxygen atoms in total. The summed E-state index contributed by atoms with van der Waals surface area (Å²) < 4.78 is 6.95. The van der Waals surface area contributed by atoms with Crippen LogP contribution in [0.5, 0.6) is 0 Å². The number of thiophene rings is 1. The van der Waals surface area contributed by atoms with E-state index in [-0.39, 0.29) is 0 Å². The van der Waals surface area contributed by atoms with Gasteiger partial charge >= 0.3 is 0 Å². The molecule has 0 aliphatic heterocycles. The number of hydrogen-bond acceptors (Lipinski definition) is 4. The molecule has 8 aromatic carbocycles. The van der Waals surface area contributed by atoms with Gasteiger partial charge in [0.1, 0.15) is 0 Å². The largest absolute Gasteiger partial charge is 0.309 e. The summed E-state index contributed by atoms with van der Waals surface area (Å²) in [5.74, 6) is 1.84. The van der Waals surface area contributed by atoms with Crippen LogP contribution in [0.15, 0.2) is 188 Å². The van der Waals surface area contributed by atoms with Gasteiger partial charge in [0.15, 0.2) is 11.6 Å². The van der Waals surface area contributed by atoms with Gasteiger partial charge in [-0.1, -0.05) is 133 Å². The van der Waals surface area contributed by atoms with E-state index < -0.39 is 0 Å². The Morgan fingerprint density at radius 1 is 0.351 bits per heavy atom. The number of hydrogen-bond donors (Lipinski definition) is 0. The van der Waals surface area contributed by atoms with Gasteiger partial charge in [0.2, 0.25) is 5.95 Å². The SMILES string of the molecule is c1ccc(-c2ccc3c(c2)c2ccccc2n3-c2cccc(-c3nc(-c4cccc5c4sc4ccccc45)nc(-n4c5ccccc5c5ccccc54)n3)c2)cc1. The van der Waals surface area contributed by atoms with Crippen molar-refractivity contribution in [1.29, 1.82) is 0 Å². The van der Waals surface area contributed by atoms with Crippen LogP contribution in [0, 0.1) is 0 Å². The fourth-order valence-corrected chi connectivity index (χ4v) is 9.83. The molecule has 266 valence electrons. The zero-order valence-corrected chi connectivity index (χ0v) is 31.4. The van der Waals surface area contributed by atoms with Crippen molar-refractivity contribution in [3.63, 3.8) is 0 Å². The Balaban J connectivity index is 1.10. The van der Waals surface area contributed by atoms with E-state index in [0.29, 0.717) is 17.6 Å². The van der Waals surface area contributed by atoms with Gasteiger partial charge < -0.3 is 4.57 Å². The molecule has 0 aliphatic carbocycles. The topological polar surface area (TPSA) is 48.5 Å². The molecule has 12 rings (SSSR count). The van der Waals surface area contributed by atoms with Crippen LogP contribution in [0.4, 0.5) is 0 Å². The van der Waals surface area contributed by atoms with Crippen molar-refractivity contribution in [1.82, 2.24) is 24.1 Å². The molecule has 57 heavy (non-hydrogen) atoms. The molecule has 0 spiro atoms. The second kappa shape index (κ2) is 12.6. The molecular weight excluding hydrogens is 715 g/mol. The summed E-state index contributed by atoms with van der Waals surface area (Å²) in [6.45, 7) is 0. The zero-order valence-electron chi connectivity index (χ0n) is 30.5. The van der Waals surface area contributed by atoms with Crippen LogP contribution in [-0.4, -0.2) is 24.1 Å². The lowest BCUT2D eigenvalue weighted by atomic mass is 10.0. The lowest BCUT2D eigenvalue weighted by Crippen LogP contribution is -2.06. The second-order valence-corrected chi connectivity index (χ2v) is 15.5. The van der Waals surface area contributed by atoms with Gasteiger partial charge in [0.05, 0.1) is 22.1 Å². The van der Waals surface area contributed by atoms with E-state index in [4.69, 9.17) is 15.0 Å². The fourth-order valence-electron chi connectivity index (χ4n) is 8.62. The molecule has 4 heterocycles. The first-order valence-corrected chi connectivity index (χ1v) is 19.9. The zero-order chi connectivity index (χ0) is 37.5. The van der Waals surface area contributed by atoms with Gasteiger partial charge in [0, 0.05) is 58.5 Å². The van der Waals surface area contributed by atoms with Crippen molar-refractivity contribution in [2.45, 2.75) is 0 Å². The number of aromatic nitrogens is 5. The number of rotatable bonds is 5. The summed E-state index contributed by atoms with van der Waals surface area (Å²) in [5.41, 5.74) is 9.74. The van der Waals surface area contributed by atoms with Crippen LogP contribution in [0.1, 0.15) is 0 Å². The number of para-hydroxylation sites is 3. The van der Waals surface area contributed by atoms with Gasteiger partial charge in [-0.05, 0) is 65.7 Å². The summed E-state index contributed by atoms with van der Waals surface area (Å²) in [7, 11) is 0. The molecule has 0 unspecified atom stereocenters. The second-order valence-electron chi connectivity index (χ2n) is 14.4. The first-order chi connectivity index (χ1) is 28.3. The Labute approximate surface area is 331 Å². The molecule has 4 aromatic heterocycles. The lowest BCUT2D eigenvalue weighted by Gasteiger charge is -2.13. The standard InChI is InChI=1S/C51H31N5S/c1-2-14-32(15-3-1)33-28-29-46-42(31-33)38-20-6-8-24-43(38)55(46)35-17-12-16-34(30-35)49-52-50(41-23-13-22-40-39-21-7-11-27-47(39)57-48(40)41)54-51(53-49)56-44-25-9-4-18-36(44)37-19-5-10-26-45(37)56/h1-31H. The maximum absolute atomic E-state index is 5.32. The third-order valence-electron chi connectivity index (χ3n) is 11.2. The molecule has 12 aromatic rings. The van der Waals surface area contributed by atoms with Crippen LogP contribution in [-0.2, 0) is 0 Å². The highest BCUT2D eigenvalue weighted by Gasteiger charge is 2.21. The predicted octanol–water partition coefficient (Wildman–Crippen LogP) is 13.4. The summed E-state index contributed by atoms with van der Waals surface area (Å²) >= 11 is 1.79. The number of fused-ring (bicyclic) bond motifs is 9. The van der Waals surface area contributed by atoms with E-state index >= 15 is 0 Å². The van der Waals surface area contributed by atoms with Gasteiger partial charge in [0.25, 0.3) is 0 Å². The third kappa shape index (κ3) is 4.98. The first kappa shape index (κ1) is 31.9. The van der Waals surface area contributed by atoms with Crippen molar-refractivity contribution < 1.29 is 0 Å². The average Bonchev–Trinajstić information content (AvgIpc) is 3.94. The minimum atomic E-state index is 0.584. The summed E-state index contributed by atoms with van der Waals surface area (Å²) in [5, 5.41) is 7.19. The summed E-state index contributed by atoms with van der Waals surface area (Å²) in [4.78, 5) is 16.0. The highest BCUT2D eigenvalue weighted by molar-refractivity contribution is 7.26. The highest BCUT2D eigenvalue weighted by Crippen LogP contribution is 2.41. The molecule has 0 radical (unpaired) electrons. The molecule has 0 N–H and O–H groups in total. The van der Waals surface area contributed by atoms with E-state index in [2.05, 4.69) is 197 Å². The van der Waals surface area contributed by atoms with Gasteiger partial charge in [-0.3, -0.25) is 4.57 Å². The molecule has 0 aliphatic rings. The Kier molecular flexibility index (Phi) is 7.03. The van der Waals surface area contributed by atoms with Crippen LogP contribution in [0.25, 0.3) is 109 Å². The quantitative estimate of drug-likeness (QED) is 0.176. The van der Waals surface area contributed by atoms with Crippen molar-refractivity contribution in [2.24, 2.45) is 0 Å². The van der Waals surface area contributed by atoms with E-state index in [1.54, 1.807) is 11.3 Å². The molecule has 0 saturated heterocycles. The third-order valence-corrected chi connectivity index (χ3v) is 12.4. The van der Waals surface area contributed by atoms with Crippen molar-refractivity contribution in [2.75, 3.05) is 0 Å². The van der Waals surface area contributed by atoms with Crippen molar-refractivity contribution in [3.8, 4) is 45.5 Å². The molecule has 0 fully saturated rings. The van der Waals surface area contributed by atoms with Crippen molar-refractivity contribution >= 4 is 75.1 Å². The Bertz CT molecular complexity index is 3490. The van der Waals surface area contributed by atoms with Crippen LogP contribution < -0.4 is 0 Å². The van der Waals surface area contributed by atoms with E-state index in [1.807, 2.05) is 0 Å². The minimum Gasteiger partial charge on any atom is -0.309 e. The maximum Gasteiger partial charge on any atom is 0.238 e. The Hall–Kier alpha value is -7.41. The lowest BCUT2D eigenvalue weighted by molar-refractivity contribution is 0.954. The smallest absolute Gasteiger partial charge is 0.238 e. The van der Waals surface area contributed by atoms with E-state index in [0.717, 1.165) is 54.4 Å². The molecule has 6 heteroatoms. The van der Waals surface area contributed by atoms with E-state index in [1.165, 1.54) is 37.4 Å². The van der Waals surface area contributed by atoms with E-state index in [9.17, 15) is 0 Å². The van der Waals surface area contributed by atoms with Crippen molar-refractivity contribution in [3.05, 3.63) is 188 Å². The van der Waals surface area contributed by atoms with Gasteiger partial charge in [-0.25, -0.2) is 4.98 Å². The molecule has 0 amide bonds. The predicted molar refractivity (Wildman–Crippen MR) is 238 cm³/mol. The van der Waals surface area contributed by atoms with Crippen LogP contribution >= 0.6 is 11.3 Å². The molecular formula is C51H31N5S. The maximum atomic E-state index is 5.32. The average molecular weight is 746 g/mol. The summed E-state index contributed by atoms with van der Waals surface area (Å²) in [6, 6.07) is 66.7. The molecule has 0 atom stereocenters. The van der Waals surface area contributed by atoms with Gasteiger partial charge in [-0.15, -0.1) is 11.3 Å².